The van der Waals surface area contributed by atoms with Gasteiger partial charge in [0.05, 0.1) is 23.7 Å². The molecule has 0 N–H and O–H groups in total. The van der Waals surface area contributed by atoms with Gasteiger partial charge in [0.2, 0.25) is 0 Å². The third-order valence-corrected chi connectivity index (χ3v) is 1.39. The zero-order valence-electron chi connectivity index (χ0n) is 3.15. The Morgan fingerprint density at radius 2 is 1.38 bits per heavy atom. The Labute approximate surface area is 67.2 Å². The van der Waals surface area contributed by atoms with Crippen molar-refractivity contribution in [2.24, 2.45) is 0 Å². The molecule has 0 unspecified atom stereocenters. The van der Waals surface area contributed by atoms with Crippen molar-refractivity contribution in [3.63, 3.8) is 0 Å². The van der Waals surface area contributed by atoms with Crippen LogP contribution in [0.3, 0.4) is 0 Å². The fraction of sp³-hybridized carbons (Fsp3) is 0. The van der Waals surface area contributed by atoms with Gasteiger partial charge in [0, 0.05) is 17.1 Å². The first-order valence-corrected chi connectivity index (χ1v) is 2.93. The summed E-state index contributed by atoms with van der Waals surface area (Å²) in [5.41, 5.74) is 0. The molecule has 0 aromatic heterocycles. The zero-order valence-corrected chi connectivity index (χ0v) is 6.58. The van der Waals surface area contributed by atoms with E-state index in [1.807, 2.05) is 0 Å². The second-order valence-electron chi connectivity index (χ2n) is 0.534. The predicted octanol–water partition coefficient (Wildman–Crippen LogP) is 0.570. The van der Waals surface area contributed by atoms with Gasteiger partial charge in [-0.2, -0.15) is 8.42 Å². The Kier molecular flexibility index (Phi) is 7.05. The molecule has 0 heterocycles. The molecule has 0 rings (SSSR count). The van der Waals surface area contributed by atoms with Gasteiger partial charge < -0.3 is 0 Å². The number of hydrogen-bond acceptors (Lipinski definition) is 4. The van der Waals surface area contributed by atoms with Crippen LogP contribution in [-0.2, 0) is 34.9 Å². The fourth-order valence-corrected chi connectivity index (χ4v) is 0.262. The van der Waals surface area contributed by atoms with Crippen LogP contribution in [0.1, 0.15) is 0 Å². The molecule has 0 aliphatic heterocycles. The first-order valence-electron chi connectivity index (χ1n) is 0.975. The van der Waals surface area contributed by atoms with Crippen molar-refractivity contribution in [2.45, 2.75) is 0 Å². The molecule has 0 aliphatic carbocycles. The maximum Gasteiger partial charge on any atom is 0.432 e. The van der Waals surface area contributed by atoms with E-state index in [1.54, 1.807) is 0 Å². The van der Waals surface area contributed by atoms with E-state index in [0.29, 0.717) is 0 Å². The largest absolute Gasteiger partial charge is 0.432 e. The molecule has 0 bridgehead atoms. The van der Waals surface area contributed by atoms with Gasteiger partial charge in [0.15, 0.2) is 0 Å². The van der Waals surface area contributed by atoms with Crippen LogP contribution in [-0.4, -0.2) is 8.42 Å². The average Bonchev–Trinajstić information content (AvgIpc) is 1.68. The van der Waals surface area contributed by atoms with Gasteiger partial charge in [0.25, 0.3) is 0 Å². The van der Waals surface area contributed by atoms with E-state index < -0.39 is 10.4 Å². The van der Waals surface area contributed by atoms with Gasteiger partial charge in [-0.15, -0.1) is 7.47 Å². The van der Waals surface area contributed by atoms with Crippen molar-refractivity contribution in [1.29, 1.82) is 0 Å². The van der Waals surface area contributed by atoms with Crippen molar-refractivity contribution >= 4 is 34.1 Å². The Hall–Kier alpha value is 0.969. The summed E-state index contributed by atoms with van der Waals surface area (Å²) in [6.07, 6.45) is 0. The van der Waals surface area contributed by atoms with Crippen molar-refractivity contribution in [3.05, 3.63) is 0 Å². The fourth-order valence-electron chi connectivity index (χ4n) is 0.00972. The Balaban J connectivity index is 0. The Bertz CT molecular complexity index is 117. The molecule has 4 nitrogen and oxygen atoms in total. The van der Waals surface area contributed by atoms with Crippen LogP contribution in [0.2, 0.25) is 0 Å². The summed E-state index contributed by atoms with van der Waals surface area (Å²) in [7, 11) is -4.13. The second kappa shape index (κ2) is 4.81. The normalized spacial score (nSPS) is 10.2. The maximum atomic E-state index is 9.66. The third kappa shape index (κ3) is 5.11. The smallest absolute Gasteiger partial charge is 0.166 e. The van der Waals surface area contributed by atoms with Gasteiger partial charge in [-0.1, -0.05) is 0 Å². The molecule has 0 aromatic rings. The van der Waals surface area contributed by atoms with Gasteiger partial charge in [-0.25, -0.2) is 0 Å². The molecular formula is Cl2FeO4S. The van der Waals surface area contributed by atoms with E-state index in [1.165, 1.54) is 0 Å². The average molecular weight is 223 g/mol. The van der Waals surface area contributed by atoms with Crippen LogP contribution in [0.5, 0.6) is 0 Å². The first-order chi connectivity index (χ1) is 3.12. The van der Waals surface area contributed by atoms with E-state index in [2.05, 4.69) is 31.2 Å². The SMILES string of the molecule is O=S(=O)(OCl)OCl.[Fe]. The molecule has 0 aliphatic rings. The number of rotatable bonds is 2. The van der Waals surface area contributed by atoms with Crippen molar-refractivity contribution in [1.82, 2.24) is 0 Å². The molecule has 0 aromatic carbocycles. The number of hydrogen-bond donors (Lipinski definition) is 0. The first kappa shape index (κ1) is 11.7. The standard InChI is InChI=1S/Cl2O4S.Fe/c1-5-7(3,4)6-2;. The predicted molar refractivity (Wildman–Crippen MR) is 22.8 cm³/mol. The molecule has 8 heteroatoms. The van der Waals surface area contributed by atoms with Gasteiger partial charge in [0.1, 0.15) is 0 Å². The van der Waals surface area contributed by atoms with Crippen LogP contribution in [0.4, 0.5) is 0 Å². The molecular weight excluding hydrogens is 223 g/mol. The Morgan fingerprint density at radius 1 is 1.12 bits per heavy atom. The van der Waals surface area contributed by atoms with Crippen molar-refractivity contribution in [2.75, 3.05) is 0 Å². The molecule has 0 saturated carbocycles. The van der Waals surface area contributed by atoms with E-state index in [9.17, 15) is 8.42 Å². The summed E-state index contributed by atoms with van der Waals surface area (Å²) in [6, 6.07) is 0. The van der Waals surface area contributed by atoms with Gasteiger partial charge >= 0.3 is 10.4 Å². The second-order valence-corrected chi connectivity index (χ2v) is 2.36. The van der Waals surface area contributed by atoms with Crippen molar-refractivity contribution < 1.29 is 33.0 Å². The van der Waals surface area contributed by atoms with Crippen LogP contribution < -0.4 is 0 Å². The van der Waals surface area contributed by atoms with Crippen LogP contribution in [0.15, 0.2) is 0 Å². The maximum absolute atomic E-state index is 9.66. The zero-order chi connectivity index (χ0) is 5.91. The van der Waals surface area contributed by atoms with Gasteiger partial charge in [-0.05, 0) is 0 Å². The van der Waals surface area contributed by atoms with E-state index >= 15 is 0 Å². The minimum Gasteiger partial charge on any atom is -0.166 e. The Morgan fingerprint density at radius 3 is 1.38 bits per heavy atom. The van der Waals surface area contributed by atoms with E-state index in [0.717, 1.165) is 0 Å². The van der Waals surface area contributed by atoms with E-state index in [-0.39, 0.29) is 17.1 Å². The topological polar surface area (TPSA) is 52.6 Å². The van der Waals surface area contributed by atoms with Gasteiger partial charge in [-0.3, -0.25) is 0 Å². The summed E-state index contributed by atoms with van der Waals surface area (Å²) in [4.78, 5) is 0. The van der Waals surface area contributed by atoms with E-state index in [4.69, 9.17) is 0 Å². The quantitative estimate of drug-likeness (QED) is 0.642. The summed E-state index contributed by atoms with van der Waals surface area (Å²) >= 11 is 8.59. The van der Waals surface area contributed by atoms with Crippen LogP contribution in [0, 0.1) is 0 Å². The van der Waals surface area contributed by atoms with Crippen molar-refractivity contribution in [3.8, 4) is 0 Å². The molecule has 52 valence electrons. The summed E-state index contributed by atoms with van der Waals surface area (Å²) < 4.78 is 25.7. The molecule has 0 atom stereocenters. The molecule has 0 fully saturated rings. The molecule has 0 amide bonds. The molecule has 8 heavy (non-hydrogen) atoms. The minimum atomic E-state index is -4.13. The summed E-state index contributed by atoms with van der Waals surface area (Å²) in [5.74, 6) is 0. The monoisotopic (exact) mass is 222 g/mol. The molecule has 0 radical (unpaired) electrons. The molecule has 0 spiro atoms. The summed E-state index contributed by atoms with van der Waals surface area (Å²) in [6.45, 7) is 0. The van der Waals surface area contributed by atoms with Crippen LogP contribution >= 0.6 is 23.7 Å². The molecule has 0 saturated heterocycles. The van der Waals surface area contributed by atoms with Crippen LogP contribution in [0.25, 0.3) is 0 Å². The number of halogens is 2. The third-order valence-electron chi connectivity index (χ3n) is 0.154. The minimum absolute atomic E-state index is 0. The summed E-state index contributed by atoms with van der Waals surface area (Å²) in [5, 5.41) is 0.